The second-order valence-electron chi connectivity index (χ2n) is 3.64. The van der Waals surface area contributed by atoms with Crippen LogP contribution in [0.5, 0.6) is 5.75 Å². The van der Waals surface area contributed by atoms with Crippen molar-refractivity contribution in [3.8, 4) is 5.75 Å². The molecule has 0 atom stereocenters. The van der Waals surface area contributed by atoms with Crippen LogP contribution in [0, 0.1) is 0 Å². The largest absolute Gasteiger partial charge is 0.487 e. The molecular weight excluding hydrogens is 198 g/mol. The summed E-state index contributed by atoms with van der Waals surface area (Å²) in [6.07, 6.45) is 4.57. The van der Waals surface area contributed by atoms with Crippen molar-refractivity contribution in [3.63, 3.8) is 0 Å². The number of benzene rings is 1. The summed E-state index contributed by atoms with van der Waals surface area (Å²) in [5, 5.41) is 1.83. The van der Waals surface area contributed by atoms with Crippen molar-refractivity contribution in [2.45, 2.75) is 18.9 Å². The highest BCUT2D eigenvalue weighted by molar-refractivity contribution is 6.33. The first-order valence-electron chi connectivity index (χ1n) is 4.77. The van der Waals surface area contributed by atoms with E-state index in [1.54, 1.807) is 0 Å². The van der Waals surface area contributed by atoms with E-state index in [9.17, 15) is 0 Å². The summed E-state index contributed by atoms with van der Waals surface area (Å²) >= 11 is 6.09. The maximum atomic E-state index is 6.09. The summed E-state index contributed by atoms with van der Waals surface area (Å²) < 4.78 is 5.76. The molecule has 0 amide bonds. The fraction of sp³-hybridized carbons (Fsp3) is 0.273. The molecule has 2 aromatic rings. The number of halogens is 1. The first-order chi connectivity index (χ1) is 6.84. The minimum atomic E-state index is 0.376. The minimum Gasteiger partial charge on any atom is -0.487 e. The monoisotopic (exact) mass is 207 g/mol. The highest BCUT2D eigenvalue weighted by Gasteiger charge is 2.25. The number of H-pyrrole nitrogens is 1. The van der Waals surface area contributed by atoms with Crippen LogP contribution in [0.1, 0.15) is 12.8 Å². The van der Waals surface area contributed by atoms with Gasteiger partial charge in [-0.3, -0.25) is 0 Å². The molecule has 1 N–H and O–H groups in total. The Morgan fingerprint density at radius 3 is 2.93 bits per heavy atom. The smallest absolute Gasteiger partial charge is 0.162 e. The summed E-state index contributed by atoms with van der Waals surface area (Å²) in [6, 6.07) is 5.90. The maximum absolute atomic E-state index is 6.09. The molecule has 1 aliphatic carbocycles. The van der Waals surface area contributed by atoms with Gasteiger partial charge in [0.05, 0.1) is 16.6 Å². The summed E-state index contributed by atoms with van der Waals surface area (Å²) in [6.45, 7) is 0. The number of aromatic amines is 1. The van der Waals surface area contributed by atoms with Gasteiger partial charge in [-0.2, -0.15) is 0 Å². The summed E-state index contributed by atoms with van der Waals surface area (Å²) in [5.41, 5.74) is 1.00. The Kier molecular flexibility index (Phi) is 1.71. The fourth-order valence-corrected chi connectivity index (χ4v) is 1.74. The molecule has 3 heteroatoms. The Bertz CT molecular complexity index is 473. The van der Waals surface area contributed by atoms with Crippen LogP contribution in [0.25, 0.3) is 10.9 Å². The predicted octanol–water partition coefficient (Wildman–Crippen LogP) is 3.36. The van der Waals surface area contributed by atoms with Gasteiger partial charge in [0, 0.05) is 11.6 Å². The molecule has 0 radical (unpaired) electrons. The van der Waals surface area contributed by atoms with Crippen molar-refractivity contribution in [2.24, 2.45) is 0 Å². The normalized spacial score (nSPS) is 16.1. The molecule has 0 aliphatic heterocycles. The van der Waals surface area contributed by atoms with E-state index in [1.165, 1.54) is 0 Å². The van der Waals surface area contributed by atoms with Gasteiger partial charge < -0.3 is 9.72 Å². The van der Waals surface area contributed by atoms with Gasteiger partial charge in [-0.1, -0.05) is 17.7 Å². The lowest BCUT2D eigenvalue weighted by Crippen LogP contribution is -1.97. The van der Waals surface area contributed by atoms with E-state index in [0.717, 1.165) is 29.5 Å². The Hall–Kier alpha value is -1.15. The molecule has 0 saturated heterocycles. The van der Waals surface area contributed by atoms with Crippen LogP contribution in [-0.4, -0.2) is 11.1 Å². The predicted molar refractivity (Wildman–Crippen MR) is 57.0 cm³/mol. The van der Waals surface area contributed by atoms with Gasteiger partial charge >= 0.3 is 0 Å². The third kappa shape index (κ3) is 1.26. The van der Waals surface area contributed by atoms with E-state index in [2.05, 4.69) is 4.98 Å². The van der Waals surface area contributed by atoms with Gasteiger partial charge in [0.1, 0.15) is 0 Å². The quantitative estimate of drug-likeness (QED) is 0.803. The molecule has 0 unspecified atom stereocenters. The average Bonchev–Trinajstić information content (AvgIpc) is 2.86. The number of hydrogen-bond acceptors (Lipinski definition) is 1. The number of ether oxygens (including phenoxy) is 1. The average molecular weight is 208 g/mol. The van der Waals surface area contributed by atoms with Gasteiger partial charge in [-0.25, -0.2) is 0 Å². The third-order valence-corrected chi connectivity index (χ3v) is 2.74. The van der Waals surface area contributed by atoms with Crippen molar-refractivity contribution in [2.75, 3.05) is 0 Å². The number of hydrogen-bond donors (Lipinski definition) is 1. The molecule has 1 heterocycles. The van der Waals surface area contributed by atoms with Crippen LogP contribution >= 0.6 is 11.6 Å². The van der Waals surface area contributed by atoms with Gasteiger partial charge in [-0.05, 0) is 25.0 Å². The van der Waals surface area contributed by atoms with E-state index < -0.39 is 0 Å². The third-order valence-electron chi connectivity index (χ3n) is 2.44. The van der Waals surface area contributed by atoms with Gasteiger partial charge in [0.25, 0.3) is 0 Å². The SMILES string of the molecule is Clc1ccc2cc[nH]c2c1OC1CC1. The Morgan fingerprint density at radius 2 is 2.14 bits per heavy atom. The molecule has 14 heavy (non-hydrogen) atoms. The summed E-state index contributed by atoms with van der Waals surface area (Å²) in [7, 11) is 0. The number of nitrogens with one attached hydrogen (secondary N) is 1. The standard InChI is InChI=1S/C11H10ClNO/c12-9-4-1-7-5-6-13-10(7)11(9)14-8-2-3-8/h1,4-6,8,13H,2-3H2. The van der Waals surface area contributed by atoms with Crippen LogP contribution in [0.3, 0.4) is 0 Å². The van der Waals surface area contributed by atoms with E-state index >= 15 is 0 Å². The zero-order valence-electron chi connectivity index (χ0n) is 7.59. The molecule has 1 aromatic carbocycles. The van der Waals surface area contributed by atoms with E-state index in [-0.39, 0.29) is 0 Å². The van der Waals surface area contributed by atoms with Gasteiger partial charge in [0.2, 0.25) is 0 Å². The Balaban J connectivity index is 2.15. The highest BCUT2D eigenvalue weighted by atomic mass is 35.5. The zero-order valence-corrected chi connectivity index (χ0v) is 8.34. The molecule has 2 nitrogen and oxygen atoms in total. The number of rotatable bonds is 2. The highest BCUT2D eigenvalue weighted by Crippen LogP contribution is 2.36. The van der Waals surface area contributed by atoms with E-state index in [0.29, 0.717) is 11.1 Å². The van der Waals surface area contributed by atoms with Crippen LogP contribution in [0.15, 0.2) is 24.4 Å². The second kappa shape index (κ2) is 2.92. The fourth-order valence-electron chi connectivity index (χ4n) is 1.54. The Labute approximate surface area is 86.8 Å². The van der Waals surface area contributed by atoms with Crippen molar-refractivity contribution < 1.29 is 4.74 Å². The van der Waals surface area contributed by atoms with E-state index in [4.69, 9.17) is 16.3 Å². The van der Waals surface area contributed by atoms with Crippen molar-refractivity contribution in [1.29, 1.82) is 0 Å². The lowest BCUT2D eigenvalue weighted by Gasteiger charge is -2.07. The lowest BCUT2D eigenvalue weighted by atomic mass is 10.2. The lowest BCUT2D eigenvalue weighted by molar-refractivity contribution is 0.306. The second-order valence-corrected chi connectivity index (χ2v) is 4.04. The zero-order chi connectivity index (χ0) is 9.54. The van der Waals surface area contributed by atoms with Gasteiger partial charge in [0.15, 0.2) is 5.75 Å². The van der Waals surface area contributed by atoms with Gasteiger partial charge in [-0.15, -0.1) is 0 Å². The summed E-state index contributed by atoms with van der Waals surface area (Å²) in [4.78, 5) is 3.15. The van der Waals surface area contributed by atoms with Crippen LogP contribution in [0.4, 0.5) is 0 Å². The summed E-state index contributed by atoms with van der Waals surface area (Å²) in [5.74, 6) is 0.802. The molecule has 1 aromatic heterocycles. The maximum Gasteiger partial charge on any atom is 0.162 e. The first kappa shape index (κ1) is 8.18. The van der Waals surface area contributed by atoms with Crippen LogP contribution in [-0.2, 0) is 0 Å². The molecule has 1 aliphatic rings. The van der Waals surface area contributed by atoms with E-state index in [1.807, 2.05) is 24.4 Å². The molecule has 1 fully saturated rings. The number of aromatic nitrogens is 1. The Morgan fingerprint density at radius 1 is 1.29 bits per heavy atom. The van der Waals surface area contributed by atoms with Crippen molar-refractivity contribution in [3.05, 3.63) is 29.4 Å². The minimum absolute atomic E-state index is 0.376. The molecule has 0 bridgehead atoms. The van der Waals surface area contributed by atoms with Crippen LogP contribution in [0.2, 0.25) is 5.02 Å². The molecule has 0 spiro atoms. The van der Waals surface area contributed by atoms with Crippen LogP contribution < -0.4 is 4.74 Å². The topological polar surface area (TPSA) is 25.0 Å². The van der Waals surface area contributed by atoms with Crippen molar-refractivity contribution >= 4 is 22.5 Å². The van der Waals surface area contributed by atoms with Crippen molar-refractivity contribution in [1.82, 2.24) is 4.98 Å². The number of fused-ring (bicyclic) bond motifs is 1. The first-order valence-corrected chi connectivity index (χ1v) is 5.14. The molecule has 3 rings (SSSR count). The molecule has 1 saturated carbocycles. The molecule has 72 valence electrons. The molecular formula is C11H10ClNO.